The smallest absolute Gasteiger partial charge is 0.259 e. The van der Waals surface area contributed by atoms with Crippen LogP contribution in [0.3, 0.4) is 0 Å². The molecule has 5 heteroatoms. The Morgan fingerprint density at radius 2 is 1.73 bits per heavy atom. The summed E-state index contributed by atoms with van der Waals surface area (Å²) in [7, 11) is 0. The Morgan fingerprint density at radius 1 is 1.00 bits per heavy atom. The Bertz CT molecular complexity index is 896. The summed E-state index contributed by atoms with van der Waals surface area (Å²) in [6.07, 6.45) is 5.03. The van der Waals surface area contributed by atoms with Gasteiger partial charge in [-0.2, -0.15) is 0 Å². The highest BCUT2D eigenvalue weighted by molar-refractivity contribution is 5.60. The van der Waals surface area contributed by atoms with Gasteiger partial charge in [-0.15, -0.1) is 0 Å². The van der Waals surface area contributed by atoms with E-state index in [0.29, 0.717) is 12.7 Å². The number of hydrogen-bond acceptors (Lipinski definition) is 4. The Morgan fingerprint density at radius 3 is 2.42 bits per heavy atom. The van der Waals surface area contributed by atoms with E-state index < -0.39 is 0 Å². The van der Waals surface area contributed by atoms with E-state index in [-0.39, 0.29) is 5.56 Å². The van der Waals surface area contributed by atoms with E-state index in [1.165, 1.54) is 36.8 Å². The number of rotatable bonds is 2. The fourth-order valence-electron chi connectivity index (χ4n) is 4.14. The largest absolute Gasteiger partial charge is 0.298 e. The highest BCUT2D eigenvalue weighted by Crippen LogP contribution is 2.32. The van der Waals surface area contributed by atoms with Crippen molar-refractivity contribution in [1.82, 2.24) is 14.5 Å². The van der Waals surface area contributed by atoms with E-state index in [4.69, 9.17) is 4.98 Å². The van der Waals surface area contributed by atoms with Crippen molar-refractivity contribution in [3.8, 4) is 0 Å². The second-order valence-electron chi connectivity index (χ2n) is 7.86. The summed E-state index contributed by atoms with van der Waals surface area (Å²) in [5.41, 5.74) is 5.32. The maximum Gasteiger partial charge on any atom is 0.259 e. The Kier molecular flexibility index (Phi) is 4.35. The summed E-state index contributed by atoms with van der Waals surface area (Å²) in [5.74, 6) is 0.774. The van der Waals surface area contributed by atoms with Crippen molar-refractivity contribution in [1.29, 1.82) is 0 Å². The molecule has 0 saturated heterocycles. The van der Waals surface area contributed by atoms with E-state index in [9.17, 15) is 4.79 Å². The van der Waals surface area contributed by atoms with Crippen LogP contribution in [-0.2, 0) is 6.67 Å². The standard InChI is InChI=1S/C21H28N4O/c1-14-9-10-19(11-15(14)2)24-12-23(18-7-5-6-8-18)13-25-20(26)16(3)17(4)22-21(24)25/h9-11,18H,5-8,12-13H2,1-4H3. The third kappa shape index (κ3) is 2.84. The van der Waals surface area contributed by atoms with Crippen LogP contribution in [0.2, 0.25) is 0 Å². The average Bonchev–Trinajstić information content (AvgIpc) is 3.16. The second kappa shape index (κ2) is 6.54. The van der Waals surface area contributed by atoms with Gasteiger partial charge in [0.2, 0.25) is 5.95 Å². The van der Waals surface area contributed by atoms with Gasteiger partial charge in [-0.1, -0.05) is 18.9 Å². The van der Waals surface area contributed by atoms with Crippen LogP contribution in [0, 0.1) is 27.7 Å². The first kappa shape index (κ1) is 17.3. The topological polar surface area (TPSA) is 41.4 Å². The normalized spacial score (nSPS) is 18.4. The molecule has 0 unspecified atom stereocenters. The van der Waals surface area contributed by atoms with Crippen LogP contribution < -0.4 is 10.5 Å². The minimum Gasteiger partial charge on any atom is -0.298 e. The number of aryl methyl sites for hydroxylation is 3. The summed E-state index contributed by atoms with van der Waals surface area (Å²) in [6, 6.07) is 7.07. The van der Waals surface area contributed by atoms with E-state index in [0.717, 1.165) is 29.6 Å². The molecule has 1 aliphatic heterocycles. The molecular weight excluding hydrogens is 324 g/mol. The van der Waals surface area contributed by atoms with Crippen molar-refractivity contribution in [2.45, 2.75) is 66.1 Å². The maximum atomic E-state index is 13.0. The number of aromatic nitrogens is 2. The number of anilines is 2. The lowest BCUT2D eigenvalue weighted by molar-refractivity contribution is 0.138. The molecule has 1 aliphatic carbocycles. The van der Waals surface area contributed by atoms with Gasteiger partial charge in [-0.05, 0) is 63.8 Å². The number of hydrogen-bond donors (Lipinski definition) is 0. The Labute approximate surface area is 155 Å². The molecule has 0 amide bonds. The molecule has 1 fully saturated rings. The van der Waals surface area contributed by atoms with Crippen molar-refractivity contribution in [2.75, 3.05) is 11.6 Å². The van der Waals surface area contributed by atoms with E-state index in [2.05, 4.69) is 41.8 Å². The zero-order chi connectivity index (χ0) is 18.4. The first-order chi connectivity index (χ1) is 12.5. The van der Waals surface area contributed by atoms with Gasteiger partial charge in [0.1, 0.15) is 0 Å². The van der Waals surface area contributed by atoms with Gasteiger partial charge in [-0.3, -0.25) is 19.2 Å². The first-order valence-corrected chi connectivity index (χ1v) is 9.62. The number of benzene rings is 1. The zero-order valence-electron chi connectivity index (χ0n) is 16.2. The Balaban J connectivity index is 1.84. The lowest BCUT2D eigenvalue weighted by atomic mass is 10.1. The molecule has 0 atom stereocenters. The third-order valence-electron chi connectivity index (χ3n) is 6.15. The molecule has 2 aliphatic rings. The van der Waals surface area contributed by atoms with Gasteiger partial charge in [-0.25, -0.2) is 4.98 Å². The third-order valence-corrected chi connectivity index (χ3v) is 6.15. The molecule has 1 saturated carbocycles. The van der Waals surface area contributed by atoms with Gasteiger partial charge < -0.3 is 0 Å². The number of fused-ring (bicyclic) bond motifs is 1. The molecule has 4 rings (SSSR count). The van der Waals surface area contributed by atoms with Crippen LogP contribution >= 0.6 is 0 Å². The molecule has 0 spiro atoms. The van der Waals surface area contributed by atoms with Gasteiger partial charge in [0.05, 0.1) is 13.3 Å². The monoisotopic (exact) mass is 352 g/mol. The van der Waals surface area contributed by atoms with Gasteiger partial charge in [0.15, 0.2) is 0 Å². The summed E-state index contributed by atoms with van der Waals surface area (Å²) in [6.45, 7) is 9.52. The first-order valence-electron chi connectivity index (χ1n) is 9.62. The lowest BCUT2D eigenvalue weighted by Crippen LogP contribution is -2.50. The Hall–Kier alpha value is -2.14. The molecule has 1 aromatic carbocycles. The van der Waals surface area contributed by atoms with Crippen LogP contribution in [-0.4, -0.2) is 27.2 Å². The molecule has 0 N–H and O–H groups in total. The van der Waals surface area contributed by atoms with Crippen LogP contribution in [0.15, 0.2) is 23.0 Å². The van der Waals surface area contributed by atoms with E-state index in [1.807, 2.05) is 18.4 Å². The molecule has 138 valence electrons. The van der Waals surface area contributed by atoms with E-state index in [1.54, 1.807) is 0 Å². The minimum absolute atomic E-state index is 0.0871. The van der Waals surface area contributed by atoms with E-state index >= 15 is 0 Å². The minimum atomic E-state index is 0.0871. The van der Waals surface area contributed by atoms with Crippen LogP contribution in [0.4, 0.5) is 11.6 Å². The number of nitrogens with zero attached hydrogens (tertiary/aromatic N) is 4. The second-order valence-corrected chi connectivity index (χ2v) is 7.86. The van der Waals surface area contributed by atoms with Crippen molar-refractivity contribution >= 4 is 11.6 Å². The summed E-state index contributed by atoms with van der Waals surface area (Å²) in [5, 5.41) is 0. The summed E-state index contributed by atoms with van der Waals surface area (Å²) < 4.78 is 1.86. The van der Waals surface area contributed by atoms with Crippen molar-refractivity contribution in [3.05, 3.63) is 50.9 Å². The highest BCUT2D eigenvalue weighted by atomic mass is 16.1. The van der Waals surface area contributed by atoms with Crippen LogP contribution in [0.25, 0.3) is 0 Å². The van der Waals surface area contributed by atoms with Gasteiger partial charge in [0, 0.05) is 23.0 Å². The fraction of sp³-hybridized carbons (Fsp3) is 0.524. The average molecular weight is 352 g/mol. The summed E-state index contributed by atoms with van der Waals surface area (Å²) >= 11 is 0. The van der Waals surface area contributed by atoms with Crippen LogP contribution in [0.5, 0.6) is 0 Å². The molecule has 2 heterocycles. The fourth-order valence-corrected chi connectivity index (χ4v) is 4.14. The molecule has 2 aromatic rings. The lowest BCUT2D eigenvalue weighted by Gasteiger charge is -2.41. The van der Waals surface area contributed by atoms with Crippen molar-refractivity contribution < 1.29 is 0 Å². The molecule has 5 nitrogen and oxygen atoms in total. The molecule has 0 radical (unpaired) electrons. The molecule has 0 bridgehead atoms. The van der Waals surface area contributed by atoms with Gasteiger partial charge >= 0.3 is 0 Å². The molecule has 1 aromatic heterocycles. The SMILES string of the molecule is Cc1ccc(N2CN(C3CCCC3)Cn3c2nc(C)c(C)c3=O)cc1C. The van der Waals surface area contributed by atoms with Crippen molar-refractivity contribution in [2.24, 2.45) is 0 Å². The van der Waals surface area contributed by atoms with Crippen molar-refractivity contribution in [3.63, 3.8) is 0 Å². The molecular formula is C21H28N4O. The van der Waals surface area contributed by atoms with Crippen LogP contribution in [0.1, 0.15) is 48.1 Å². The highest BCUT2D eigenvalue weighted by Gasteiger charge is 2.32. The predicted molar refractivity (Wildman–Crippen MR) is 105 cm³/mol. The van der Waals surface area contributed by atoms with Gasteiger partial charge in [0.25, 0.3) is 5.56 Å². The molecule has 26 heavy (non-hydrogen) atoms. The quantitative estimate of drug-likeness (QED) is 0.825. The zero-order valence-corrected chi connectivity index (χ0v) is 16.2. The maximum absolute atomic E-state index is 13.0. The predicted octanol–water partition coefficient (Wildman–Crippen LogP) is 3.79. The summed E-state index contributed by atoms with van der Waals surface area (Å²) in [4.78, 5) is 22.4.